The van der Waals surface area contributed by atoms with Crippen molar-refractivity contribution in [1.82, 2.24) is 10.5 Å². The fraction of sp³-hybridized carbons (Fsp3) is 0.421. The van der Waals surface area contributed by atoms with Gasteiger partial charge in [-0.3, -0.25) is 14.5 Å². The molecule has 2 amide bonds. The molecule has 0 atom stereocenters. The van der Waals surface area contributed by atoms with Crippen molar-refractivity contribution in [2.24, 2.45) is 0 Å². The van der Waals surface area contributed by atoms with Crippen molar-refractivity contribution in [1.29, 1.82) is 0 Å². The van der Waals surface area contributed by atoms with Crippen molar-refractivity contribution < 1.29 is 14.1 Å². The van der Waals surface area contributed by atoms with Gasteiger partial charge in [0.25, 0.3) is 11.8 Å². The van der Waals surface area contributed by atoms with Crippen molar-refractivity contribution in [3.8, 4) is 0 Å². The maximum atomic E-state index is 13.2. The van der Waals surface area contributed by atoms with Gasteiger partial charge in [0, 0.05) is 23.0 Å². The van der Waals surface area contributed by atoms with E-state index in [1.165, 1.54) is 11.2 Å². The number of benzene rings is 1. The second-order valence-corrected chi connectivity index (χ2v) is 7.85. The number of halogens is 1. The Balaban J connectivity index is 2.23. The standard InChI is InChI=1S/C19H24ClN3O3/c1-18(2,3)23(15-10-11-26-22-15)17(25)19(4,5)21-16(24)14-8-6-13(12-20)7-9-14/h6-11H,12H2,1-5H3,(H,21,24). The van der Waals surface area contributed by atoms with Crippen LogP contribution >= 0.6 is 11.6 Å². The van der Waals surface area contributed by atoms with Crippen LogP contribution in [0.4, 0.5) is 5.82 Å². The molecular weight excluding hydrogens is 354 g/mol. The first-order valence-corrected chi connectivity index (χ1v) is 8.82. The molecule has 1 aromatic heterocycles. The van der Waals surface area contributed by atoms with E-state index in [0.29, 0.717) is 17.3 Å². The molecule has 7 heteroatoms. The summed E-state index contributed by atoms with van der Waals surface area (Å²) < 4.78 is 4.88. The number of carbonyl (C=O) groups is 2. The van der Waals surface area contributed by atoms with Crippen molar-refractivity contribution in [3.05, 3.63) is 47.7 Å². The molecule has 26 heavy (non-hydrogen) atoms. The summed E-state index contributed by atoms with van der Waals surface area (Å²) in [6.45, 7) is 9.01. The predicted molar refractivity (Wildman–Crippen MR) is 101 cm³/mol. The largest absolute Gasteiger partial charge is 0.363 e. The number of amides is 2. The highest BCUT2D eigenvalue weighted by atomic mass is 35.5. The minimum absolute atomic E-state index is 0.287. The summed E-state index contributed by atoms with van der Waals surface area (Å²) in [5, 5.41) is 6.68. The first-order valence-electron chi connectivity index (χ1n) is 8.29. The maximum absolute atomic E-state index is 13.2. The minimum atomic E-state index is -1.14. The Morgan fingerprint density at radius 1 is 1.12 bits per heavy atom. The van der Waals surface area contributed by atoms with Gasteiger partial charge < -0.3 is 9.84 Å². The number of alkyl halides is 1. The van der Waals surface area contributed by atoms with Crippen LogP contribution in [0.2, 0.25) is 0 Å². The third kappa shape index (κ3) is 4.43. The molecular formula is C19H24ClN3O3. The van der Waals surface area contributed by atoms with Crippen LogP contribution in [0.5, 0.6) is 0 Å². The van der Waals surface area contributed by atoms with Gasteiger partial charge in [-0.15, -0.1) is 11.6 Å². The van der Waals surface area contributed by atoms with Gasteiger partial charge in [0.2, 0.25) is 0 Å². The molecule has 0 saturated heterocycles. The molecule has 1 aromatic carbocycles. The number of aromatic nitrogens is 1. The van der Waals surface area contributed by atoms with E-state index in [2.05, 4.69) is 10.5 Å². The molecule has 0 radical (unpaired) electrons. The Labute approximate surface area is 158 Å². The normalized spacial score (nSPS) is 11.9. The first kappa shape index (κ1) is 20.0. The number of nitrogens with zero attached hydrogens (tertiary/aromatic N) is 2. The second kappa shape index (κ2) is 7.50. The van der Waals surface area contributed by atoms with Gasteiger partial charge in [0.1, 0.15) is 11.8 Å². The van der Waals surface area contributed by atoms with Crippen LogP contribution in [0.3, 0.4) is 0 Å². The SMILES string of the molecule is CC(C)(NC(=O)c1ccc(CCl)cc1)C(=O)N(c1ccon1)C(C)(C)C. The van der Waals surface area contributed by atoms with Crippen molar-refractivity contribution in [2.75, 3.05) is 4.90 Å². The van der Waals surface area contributed by atoms with Crippen LogP contribution in [0.1, 0.15) is 50.5 Å². The lowest BCUT2D eigenvalue weighted by Gasteiger charge is -2.39. The summed E-state index contributed by atoms with van der Waals surface area (Å²) in [4.78, 5) is 27.3. The first-order chi connectivity index (χ1) is 12.1. The number of hydrogen-bond acceptors (Lipinski definition) is 4. The van der Waals surface area contributed by atoms with E-state index in [4.69, 9.17) is 16.1 Å². The number of rotatable bonds is 5. The zero-order valence-electron chi connectivity index (χ0n) is 15.7. The summed E-state index contributed by atoms with van der Waals surface area (Å²) in [7, 11) is 0. The highest BCUT2D eigenvalue weighted by Gasteiger charge is 2.40. The summed E-state index contributed by atoms with van der Waals surface area (Å²) in [6, 6.07) is 8.56. The maximum Gasteiger partial charge on any atom is 0.253 e. The Kier molecular flexibility index (Phi) is 5.76. The minimum Gasteiger partial charge on any atom is -0.363 e. The van der Waals surface area contributed by atoms with E-state index in [-0.39, 0.29) is 11.8 Å². The zero-order chi connectivity index (χ0) is 19.5. The number of nitrogens with one attached hydrogen (secondary N) is 1. The summed E-state index contributed by atoms with van der Waals surface area (Å²) in [5.41, 5.74) is -0.307. The molecule has 0 bridgehead atoms. The molecule has 2 rings (SSSR count). The zero-order valence-corrected chi connectivity index (χ0v) is 16.4. The van der Waals surface area contributed by atoms with Gasteiger partial charge in [-0.1, -0.05) is 17.3 Å². The van der Waals surface area contributed by atoms with E-state index in [1.54, 1.807) is 44.2 Å². The topological polar surface area (TPSA) is 75.4 Å². The van der Waals surface area contributed by atoms with Crippen molar-refractivity contribution >= 4 is 29.2 Å². The van der Waals surface area contributed by atoms with Crippen LogP contribution in [0.25, 0.3) is 0 Å². The van der Waals surface area contributed by atoms with Gasteiger partial charge >= 0.3 is 0 Å². The molecule has 0 aliphatic rings. The van der Waals surface area contributed by atoms with Crippen LogP contribution in [0, 0.1) is 0 Å². The Bertz CT molecular complexity index is 762. The van der Waals surface area contributed by atoms with Gasteiger partial charge in [-0.05, 0) is 52.3 Å². The molecule has 1 N–H and O–H groups in total. The third-order valence-corrected chi connectivity index (χ3v) is 4.17. The summed E-state index contributed by atoms with van der Waals surface area (Å²) in [5.74, 6) is 0.156. The quantitative estimate of drug-likeness (QED) is 0.805. The van der Waals surface area contributed by atoms with E-state index in [1.807, 2.05) is 20.8 Å². The molecule has 0 unspecified atom stereocenters. The molecule has 2 aromatic rings. The molecule has 0 spiro atoms. The lowest BCUT2D eigenvalue weighted by atomic mass is 9.97. The van der Waals surface area contributed by atoms with Crippen LogP contribution in [-0.2, 0) is 10.7 Å². The molecule has 1 heterocycles. The highest BCUT2D eigenvalue weighted by Crippen LogP contribution is 2.26. The molecule has 0 aliphatic heterocycles. The lowest BCUT2D eigenvalue weighted by Crippen LogP contribution is -2.60. The Morgan fingerprint density at radius 3 is 2.19 bits per heavy atom. The monoisotopic (exact) mass is 377 g/mol. The van der Waals surface area contributed by atoms with Gasteiger partial charge in [-0.2, -0.15) is 0 Å². The van der Waals surface area contributed by atoms with Crippen LogP contribution in [0.15, 0.2) is 41.1 Å². The van der Waals surface area contributed by atoms with Crippen molar-refractivity contribution in [3.63, 3.8) is 0 Å². The highest BCUT2D eigenvalue weighted by molar-refractivity contribution is 6.17. The number of hydrogen-bond donors (Lipinski definition) is 1. The van der Waals surface area contributed by atoms with Crippen molar-refractivity contribution in [2.45, 2.75) is 51.6 Å². The average Bonchev–Trinajstić information content (AvgIpc) is 3.07. The second-order valence-electron chi connectivity index (χ2n) is 7.58. The molecule has 0 saturated carbocycles. The molecule has 0 fully saturated rings. The Morgan fingerprint density at radius 2 is 1.73 bits per heavy atom. The summed E-state index contributed by atoms with van der Waals surface area (Å²) >= 11 is 5.77. The van der Waals surface area contributed by atoms with E-state index in [9.17, 15) is 9.59 Å². The third-order valence-electron chi connectivity index (χ3n) is 3.86. The lowest BCUT2D eigenvalue weighted by molar-refractivity contribution is -0.124. The van der Waals surface area contributed by atoms with Crippen LogP contribution in [-0.4, -0.2) is 28.0 Å². The smallest absolute Gasteiger partial charge is 0.253 e. The predicted octanol–water partition coefficient (Wildman–Crippen LogP) is 3.75. The van der Waals surface area contributed by atoms with Crippen LogP contribution < -0.4 is 10.2 Å². The molecule has 140 valence electrons. The fourth-order valence-corrected chi connectivity index (χ4v) is 2.69. The summed E-state index contributed by atoms with van der Waals surface area (Å²) in [6.07, 6.45) is 1.41. The average molecular weight is 378 g/mol. The number of carbonyl (C=O) groups excluding carboxylic acids is 2. The molecule has 6 nitrogen and oxygen atoms in total. The van der Waals surface area contributed by atoms with E-state index >= 15 is 0 Å². The van der Waals surface area contributed by atoms with E-state index < -0.39 is 11.1 Å². The van der Waals surface area contributed by atoms with Gasteiger partial charge in [0.05, 0.1) is 0 Å². The Hall–Kier alpha value is -2.34. The number of anilines is 1. The van der Waals surface area contributed by atoms with Gasteiger partial charge in [0.15, 0.2) is 5.82 Å². The fourth-order valence-electron chi connectivity index (χ4n) is 2.51. The molecule has 0 aliphatic carbocycles. The van der Waals surface area contributed by atoms with E-state index in [0.717, 1.165) is 5.56 Å². The van der Waals surface area contributed by atoms with Gasteiger partial charge in [-0.25, -0.2) is 0 Å².